The maximum atomic E-state index is 9.34. The van der Waals surface area contributed by atoms with Crippen molar-refractivity contribution in [3.63, 3.8) is 0 Å². The number of hydrogen-bond acceptors (Lipinski definition) is 5. The van der Waals surface area contributed by atoms with E-state index in [9.17, 15) is 5.11 Å². The lowest BCUT2D eigenvalue weighted by Gasteiger charge is -2.11. The topological polar surface area (TPSA) is 69.4 Å². The summed E-state index contributed by atoms with van der Waals surface area (Å²) >= 11 is 0. The van der Waals surface area contributed by atoms with Crippen molar-refractivity contribution in [3.05, 3.63) is 35.7 Å². The number of rotatable bonds is 8. The molecule has 1 aromatic carbocycles. The van der Waals surface area contributed by atoms with Crippen LogP contribution in [0.4, 0.5) is 0 Å². The predicted octanol–water partition coefficient (Wildman–Crippen LogP) is 2.06. The molecule has 1 N–H and O–H groups in total. The van der Waals surface area contributed by atoms with Crippen LogP contribution in [0.2, 0.25) is 0 Å². The van der Waals surface area contributed by atoms with E-state index in [0.29, 0.717) is 24.8 Å². The smallest absolute Gasteiger partial charge is 0.119 e. The van der Waals surface area contributed by atoms with Gasteiger partial charge in [0.05, 0.1) is 26.0 Å². The zero-order chi connectivity index (χ0) is 15.9. The van der Waals surface area contributed by atoms with Gasteiger partial charge in [0.25, 0.3) is 0 Å². The van der Waals surface area contributed by atoms with E-state index in [0.717, 1.165) is 23.6 Å². The average Bonchev–Trinajstić information content (AvgIpc) is 2.89. The van der Waals surface area contributed by atoms with Crippen molar-refractivity contribution in [2.75, 3.05) is 13.7 Å². The summed E-state index contributed by atoms with van der Waals surface area (Å²) in [6.07, 6.45) is 0.839. The highest BCUT2D eigenvalue weighted by atomic mass is 16.5. The third-order valence-electron chi connectivity index (χ3n) is 3.30. The third kappa shape index (κ3) is 4.21. The molecule has 1 heterocycles. The summed E-state index contributed by atoms with van der Waals surface area (Å²) in [7, 11) is 1.63. The summed E-state index contributed by atoms with van der Waals surface area (Å²) < 4.78 is 12.6. The summed E-state index contributed by atoms with van der Waals surface area (Å²) in [5, 5.41) is 17.5. The summed E-state index contributed by atoms with van der Waals surface area (Å²) in [5.74, 6) is 2.06. The van der Waals surface area contributed by atoms with Crippen LogP contribution >= 0.6 is 0 Å². The zero-order valence-corrected chi connectivity index (χ0v) is 13.3. The molecule has 2 rings (SSSR count). The maximum Gasteiger partial charge on any atom is 0.119 e. The van der Waals surface area contributed by atoms with E-state index in [4.69, 9.17) is 9.47 Å². The monoisotopic (exact) mass is 305 g/mol. The Balaban J connectivity index is 1.94. The predicted molar refractivity (Wildman–Crippen MR) is 83.0 cm³/mol. The van der Waals surface area contributed by atoms with Crippen molar-refractivity contribution < 1.29 is 14.6 Å². The van der Waals surface area contributed by atoms with Crippen LogP contribution < -0.4 is 9.47 Å². The molecule has 0 aliphatic carbocycles. The Labute approximate surface area is 130 Å². The van der Waals surface area contributed by atoms with Crippen LogP contribution in [0.1, 0.15) is 25.2 Å². The van der Waals surface area contributed by atoms with Crippen LogP contribution in [0, 0.1) is 5.92 Å². The first-order valence-electron chi connectivity index (χ1n) is 7.43. The van der Waals surface area contributed by atoms with Crippen LogP contribution in [-0.4, -0.2) is 33.8 Å². The van der Waals surface area contributed by atoms with Gasteiger partial charge in [-0.25, -0.2) is 4.68 Å². The lowest BCUT2D eigenvalue weighted by molar-refractivity contribution is 0.273. The van der Waals surface area contributed by atoms with Gasteiger partial charge in [-0.2, -0.15) is 0 Å². The molecule has 0 fully saturated rings. The number of hydrogen-bond donors (Lipinski definition) is 1. The number of aliphatic hydroxyl groups excluding tert-OH is 1. The summed E-state index contributed by atoms with van der Waals surface area (Å²) in [6.45, 7) is 5.27. The molecular weight excluding hydrogens is 282 g/mol. The van der Waals surface area contributed by atoms with Gasteiger partial charge in [-0.05, 0) is 36.6 Å². The number of aromatic nitrogens is 3. The van der Waals surface area contributed by atoms with Crippen molar-refractivity contribution >= 4 is 0 Å². The first kappa shape index (κ1) is 16.3. The maximum absolute atomic E-state index is 9.34. The second-order valence-corrected chi connectivity index (χ2v) is 5.49. The van der Waals surface area contributed by atoms with Crippen LogP contribution in [0.15, 0.2) is 24.3 Å². The molecule has 0 aliphatic rings. The van der Waals surface area contributed by atoms with Crippen molar-refractivity contribution in [1.29, 1.82) is 0 Å². The molecule has 0 atom stereocenters. The number of benzene rings is 1. The van der Waals surface area contributed by atoms with Gasteiger partial charge in [0, 0.05) is 0 Å². The second kappa shape index (κ2) is 7.79. The van der Waals surface area contributed by atoms with Gasteiger partial charge in [0.1, 0.15) is 23.8 Å². The van der Waals surface area contributed by atoms with E-state index in [1.807, 2.05) is 28.9 Å². The molecule has 120 valence electrons. The van der Waals surface area contributed by atoms with Gasteiger partial charge in [0.2, 0.25) is 0 Å². The van der Waals surface area contributed by atoms with Gasteiger partial charge in [-0.15, -0.1) is 5.10 Å². The van der Waals surface area contributed by atoms with Crippen molar-refractivity contribution in [3.8, 4) is 11.5 Å². The van der Waals surface area contributed by atoms with Crippen LogP contribution in [0.25, 0.3) is 0 Å². The van der Waals surface area contributed by atoms with Crippen molar-refractivity contribution in [2.24, 2.45) is 5.92 Å². The lowest BCUT2D eigenvalue weighted by Crippen LogP contribution is -2.14. The van der Waals surface area contributed by atoms with Gasteiger partial charge in [-0.1, -0.05) is 19.1 Å². The van der Waals surface area contributed by atoms with Gasteiger partial charge in [0.15, 0.2) is 0 Å². The van der Waals surface area contributed by atoms with E-state index >= 15 is 0 Å². The Morgan fingerprint density at radius 2 is 1.86 bits per heavy atom. The van der Waals surface area contributed by atoms with Gasteiger partial charge in [-0.3, -0.25) is 0 Å². The van der Waals surface area contributed by atoms with Crippen LogP contribution in [0.3, 0.4) is 0 Å². The van der Waals surface area contributed by atoms with Crippen LogP contribution in [-0.2, 0) is 19.6 Å². The molecular formula is C16H23N3O3. The zero-order valence-electron chi connectivity index (χ0n) is 13.3. The molecule has 6 heteroatoms. The highest BCUT2D eigenvalue weighted by Gasteiger charge is 2.13. The summed E-state index contributed by atoms with van der Waals surface area (Å²) in [5.41, 5.74) is 1.63. The SMILES string of the molecule is COc1ccc(OCCn2nnc(CO)c2CC(C)C)cc1. The van der Waals surface area contributed by atoms with E-state index in [2.05, 4.69) is 24.2 Å². The summed E-state index contributed by atoms with van der Waals surface area (Å²) in [4.78, 5) is 0. The van der Waals surface area contributed by atoms with Crippen LogP contribution in [0.5, 0.6) is 11.5 Å². The normalized spacial score (nSPS) is 11.0. The molecule has 0 aliphatic heterocycles. The number of methoxy groups -OCH3 is 1. The number of nitrogens with zero attached hydrogens (tertiary/aromatic N) is 3. The Morgan fingerprint density at radius 3 is 2.45 bits per heavy atom. The third-order valence-corrected chi connectivity index (χ3v) is 3.30. The highest BCUT2D eigenvalue weighted by molar-refractivity contribution is 5.31. The van der Waals surface area contributed by atoms with Gasteiger partial charge < -0.3 is 14.6 Å². The Morgan fingerprint density at radius 1 is 1.18 bits per heavy atom. The molecule has 0 spiro atoms. The molecule has 0 radical (unpaired) electrons. The standard InChI is InChI=1S/C16H23N3O3/c1-12(2)10-16-15(11-20)17-18-19(16)8-9-22-14-6-4-13(21-3)5-7-14/h4-7,12,20H,8-11H2,1-3H3. The minimum Gasteiger partial charge on any atom is -0.497 e. The molecule has 0 saturated heterocycles. The Hall–Kier alpha value is -2.08. The number of ether oxygens (including phenoxy) is 2. The first-order chi connectivity index (χ1) is 10.6. The van der Waals surface area contributed by atoms with Crippen molar-refractivity contribution in [2.45, 2.75) is 33.4 Å². The molecule has 1 aromatic heterocycles. The van der Waals surface area contributed by atoms with E-state index in [-0.39, 0.29) is 6.61 Å². The molecule has 0 unspecified atom stereocenters. The van der Waals surface area contributed by atoms with Crippen molar-refractivity contribution in [1.82, 2.24) is 15.0 Å². The molecule has 0 saturated carbocycles. The van der Waals surface area contributed by atoms with E-state index in [1.165, 1.54) is 0 Å². The first-order valence-corrected chi connectivity index (χ1v) is 7.43. The fourth-order valence-electron chi connectivity index (χ4n) is 2.20. The van der Waals surface area contributed by atoms with Gasteiger partial charge >= 0.3 is 0 Å². The second-order valence-electron chi connectivity index (χ2n) is 5.49. The average molecular weight is 305 g/mol. The molecule has 0 bridgehead atoms. The minimum atomic E-state index is -0.0820. The fraction of sp³-hybridized carbons (Fsp3) is 0.500. The Bertz CT molecular complexity index is 579. The fourth-order valence-corrected chi connectivity index (χ4v) is 2.20. The molecule has 2 aromatic rings. The molecule has 6 nitrogen and oxygen atoms in total. The molecule has 22 heavy (non-hydrogen) atoms. The number of aliphatic hydroxyl groups is 1. The largest absolute Gasteiger partial charge is 0.497 e. The minimum absolute atomic E-state index is 0.0820. The summed E-state index contributed by atoms with van der Waals surface area (Å²) in [6, 6.07) is 7.46. The van der Waals surface area contributed by atoms with E-state index in [1.54, 1.807) is 7.11 Å². The highest BCUT2D eigenvalue weighted by Crippen LogP contribution is 2.17. The quantitative estimate of drug-likeness (QED) is 0.808. The lowest BCUT2D eigenvalue weighted by atomic mass is 10.1. The van der Waals surface area contributed by atoms with E-state index < -0.39 is 0 Å². The molecule has 0 amide bonds. The Kier molecular flexibility index (Phi) is 5.77.